The predicted octanol–water partition coefficient (Wildman–Crippen LogP) is 6.20. The van der Waals surface area contributed by atoms with Gasteiger partial charge in [0.15, 0.2) is 0 Å². The maximum atomic E-state index is 13.1. The Hall–Kier alpha value is -3.98. The van der Waals surface area contributed by atoms with Gasteiger partial charge in [0.05, 0.1) is 11.6 Å². The van der Waals surface area contributed by atoms with Gasteiger partial charge in [0.2, 0.25) is 5.91 Å². The maximum Gasteiger partial charge on any atom is 0.244 e. The van der Waals surface area contributed by atoms with Crippen molar-refractivity contribution in [1.29, 1.82) is 0 Å². The summed E-state index contributed by atoms with van der Waals surface area (Å²) in [5, 5.41) is 4.43. The number of hydrazone groups is 1. The lowest BCUT2D eigenvalue weighted by molar-refractivity contribution is -0.122. The first-order valence-corrected chi connectivity index (χ1v) is 11.3. The van der Waals surface area contributed by atoms with Crippen molar-refractivity contribution >= 4 is 11.6 Å². The lowest BCUT2D eigenvalue weighted by Gasteiger charge is -2.18. The number of carbonyl (C=O) groups excluding carboxylic acids is 1. The van der Waals surface area contributed by atoms with E-state index in [9.17, 15) is 4.79 Å². The summed E-state index contributed by atoms with van der Waals surface area (Å²) >= 11 is 0. The summed E-state index contributed by atoms with van der Waals surface area (Å²) in [6.45, 7) is 1.92. The van der Waals surface area contributed by atoms with Crippen molar-refractivity contribution in [3.05, 3.63) is 132 Å². The minimum absolute atomic E-state index is 0.0389. The second kappa shape index (κ2) is 8.87. The van der Waals surface area contributed by atoms with E-state index in [1.165, 1.54) is 16.7 Å². The second-order valence-electron chi connectivity index (χ2n) is 8.58. The van der Waals surface area contributed by atoms with Crippen molar-refractivity contribution in [3.8, 4) is 11.1 Å². The highest BCUT2D eigenvalue weighted by atomic mass is 16.2. The standard InChI is InChI=1S/C30H26N2O/c1-22(23-17-19-25(20-18-23)24-11-5-2-6-12-24)31-32-29(33)28-21-30(28,26-13-7-3-8-14-26)27-15-9-4-10-16-27/h2-20,28H,21H2,1H3,(H,32,33)/b31-22-/t28-/m1/s1. The zero-order chi connectivity index (χ0) is 22.7. The Morgan fingerprint density at radius 3 is 1.76 bits per heavy atom. The van der Waals surface area contributed by atoms with Gasteiger partial charge in [-0.2, -0.15) is 5.10 Å². The molecule has 5 rings (SSSR count). The summed E-state index contributed by atoms with van der Waals surface area (Å²) in [7, 11) is 0. The Balaban J connectivity index is 1.32. The first-order chi connectivity index (χ1) is 16.2. The number of carbonyl (C=O) groups is 1. The van der Waals surface area contributed by atoms with Crippen LogP contribution in [0.2, 0.25) is 0 Å². The number of nitrogens with zero attached hydrogens (tertiary/aromatic N) is 1. The molecule has 3 nitrogen and oxygen atoms in total. The first kappa shape index (κ1) is 20.9. The van der Waals surface area contributed by atoms with Crippen LogP contribution < -0.4 is 5.43 Å². The molecular formula is C30H26N2O. The number of rotatable bonds is 6. The van der Waals surface area contributed by atoms with Crippen LogP contribution in [0.3, 0.4) is 0 Å². The molecule has 0 spiro atoms. The van der Waals surface area contributed by atoms with Gasteiger partial charge in [-0.15, -0.1) is 0 Å². The molecule has 0 saturated heterocycles. The normalized spacial score (nSPS) is 16.8. The van der Waals surface area contributed by atoms with Crippen LogP contribution in [0.1, 0.15) is 30.0 Å². The van der Waals surface area contributed by atoms with Crippen LogP contribution in [0, 0.1) is 5.92 Å². The molecule has 1 amide bonds. The molecule has 1 aliphatic rings. The lowest BCUT2D eigenvalue weighted by Crippen LogP contribution is -2.26. The fourth-order valence-corrected chi connectivity index (χ4v) is 4.67. The van der Waals surface area contributed by atoms with E-state index in [4.69, 9.17) is 0 Å². The molecule has 1 aliphatic carbocycles. The van der Waals surface area contributed by atoms with Crippen LogP contribution in [0.15, 0.2) is 120 Å². The van der Waals surface area contributed by atoms with Crippen molar-refractivity contribution in [2.75, 3.05) is 0 Å². The first-order valence-electron chi connectivity index (χ1n) is 11.3. The number of amides is 1. The van der Waals surface area contributed by atoms with Crippen LogP contribution in [-0.2, 0) is 10.2 Å². The molecule has 3 heteroatoms. The van der Waals surface area contributed by atoms with E-state index in [0.29, 0.717) is 0 Å². The van der Waals surface area contributed by atoms with Gasteiger partial charge in [-0.3, -0.25) is 4.79 Å². The van der Waals surface area contributed by atoms with Crippen LogP contribution in [0.4, 0.5) is 0 Å². The Bertz CT molecular complexity index is 1220. The van der Waals surface area contributed by atoms with E-state index in [0.717, 1.165) is 23.3 Å². The topological polar surface area (TPSA) is 41.5 Å². The average Bonchev–Trinajstić information content (AvgIpc) is 3.66. The molecule has 0 aliphatic heterocycles. The van der Waals surface area contributed by atoms with Crippen molar-refractivity contribution < 1.29 is 4.79 Å². The number of nitrogens with one attached hydrogen (secondary N) is 1. The van der Waals surface area contributed by atoms with Crippen molar-refractivity contribution in [2.45, 2.75) is 18.8 Å². The SMILES string of the molecule is C/C(=N/NC(=O)[C@H]1CC1(c1ccccc1)c1ccccc1)c1ccc(-c2ccccc2)cc1. The third-order valence-corrected chi connectivity index (χ3v) is 6.60. The molecule has 4 aromatic carbocycles. The fourth-order valence-electron chi connectivity index (χ4n) is 4.67. The molecule has 0 radical (unpaired) electrons. The molecule has 33 heavy (non-hydrogen) atoms. The van der Waals surface area contributed by atoms with E-state index >= 15 is 0 Å². The summed E-state index contributed by atoms with van der Waals surface area (Å²) < 4.78 is 0. The summed E-state index contributed by atoms with van der Waals surface area (Å²) in [4.78, 5) is 13.1. The summed E-state index contributed by atoms with van der Waals surface area (Å²) in [6.07, 6.45) is 0.785. The predicted molar refractivity (Wildman–Crippen MR) is 134 cm³/mol. The summed E-state index contributed by atoms with van der Waals surface area (Å²) in [6, 6.07) is 39.2. The van der Waals surface area contributed by atoms with Gasteiger partial charge < -0.3 is 0 Å². The van der Waals surface area contributed by atoms with Crippen molar-refractivity contribution in [1.82, 2.24) is 5.43 Å². The smallest absolute Gasteiger partial charge is 0.244 e. The van der Waals surface area contributed by atoms with Gasteiger partial charge in [0, 0.05) is 5.41 Å². The quantitative estimate of drug-likeness (QED) is 0.287. The molecule has 162 valence electrons. The molecule has 0 heterocycles. The van der Waals surface area contributed by atoms with E-state index in [-0.39, 0.29) is 17.2 Å². The minimum Gasteiger partial charge on any atom is -0.273 e. The molecule has 0 aromatic heterocycles. The van der Waals surface area contributed by atoms with Crippen molar-refractivity contribution in [2.24, 2.45) is 11.0 Å². The summed E-state index contributed by atoms with van der Waals surface area (Å²) in [5.41, 5.74) is 9.01. The van der Waals surface area contributed by atoms with E-state index < -0.39 is 0 Å². The average molecular weight is 431 g/mol. The van der Waals surface area contributed by atoms with E-state index in [1.54, 1.807) is 0 Å². The zero-order valence-electron chi connectivity index (χ0n) is 18.6. The summed E-state index contributed by atoms with van der Waals surface area (Å²) in [5.74, 6) is -0.178. The van der Waals surface area contributed by atoms with Gasteiger partial charge in [-0.05, 0) is 41.2 Å². The van der Waals surface area contributed by atoms with E-state index in [1.807, 2.05) is 73.7 Å². The van der Waals surface area contributed by atoms with Gasteiger partial charge in [0.25, 0.3) is 0 Å². The van der Waals surface area contributed by atoms with Gasteiger partial charge in [-0.25, -0.2) is 5.43 Å². The Morgan fingerprint density at radius 1 is 0.727 bits per heavy atom. The molecule has 1 saturated carbocycles. The van der Waals surface area contributed by atoms with Crippen LogP contribution in [-0.4, -0.2) is 11.6 Å². The fraction of sp³-hybridized carbons (Fsp3) is 0.133. The molecular weight excluding hydrogens is 404 g/mol. The molecule has 0 bridgehead atoms. The van der Waals surface area contributed by atoms with E-state index in [2.05, 4.69) is 59.1 Å². The Kier molecular flexibility index (Phi) is 5.62. The highest BCUT2D eigenvalue weighted by molar-refractivity contribution is 6.00. The number of hydrogen-bond donors (Lipinski definition) is 1. The van der Waals surface area contributed by atoms with Gasteiger partial charge >= 0.3 is 0 Å². The monoisotopic (exact) mass is 430 g/mol. The van der Waals surface area contributed by atoms with Crippen LogP contribution in [0.25, 0.3) is 11.1 Å². The number of hydrogen-bond acceptors (Lipinski definition) is 2. The van der Waals surface area contributed by atoms with Gasteiger partial charge in [-0.1, -0.05) is 115 Å². The lowest BCUT2D eigenvalue weighted by atomic mass is 9.85. The highest BCUT2D eigenvalue weighted by Gasteiger charge is 2.60. The van der Waals surface area contributed by atoms with Crippen molar-refractivity contribution in [3.63, 3.8) is 0 Å². The highest BCUT2D eigenvalue weighted by Crippen LogP contribution is 2.58. The Labute approximate surface area is 194 Å². The Morgan fingerprint density at radius 2 is 1.21 bits per heavy atom. The molecule has 1 fully saturated rings. The van der Waals surface area contributed by atoms with Crippen LogP contribution >= 0.6 is 0 Å². The third kappa shape index (κ3) is 4.10. The number of benzene rings is 4. The zero-order valence-corrected chi connectivity index (χ0v) is 18.6. The molecule has 4 aromatic rings. The molecule has 1 atom stereocenters. The van der Waals surface area contributed by atoms with Crippen LogP contribution in [0.5, 0.6) is 0 Å². The second-order valence-corrected chi connectivity index (χ2v) is 8.58. The minimum atomic E-state index is -0.284. The largest absolute Gasteiger partial charge is 0.273 e. The molecule has 1 N–H and O–H groups in total. The third-order valence-electron chi connectivity index (χ3n) is 6.60. The van der Waals surface area contributed by atoms with Gasteiger partial charge in [0.1, 0.15) is 0 Å². The maximum absolute atomic E-state index is 13.1. The molecule has 0 unspecified atom stereocenters.